The molecular formula is C11H20BFO3Si. The predicted molar refractivity (Wildman–Crippen MR) is 67.9 cm³/mol. The maximum atomic E-state index is 13.1. The first-order chi connectivity index (χ1) is 7.56. The van der Waals surface area contributed by atoms with E-state index in [1.165, 1.54) is 0 Å². The van der Waals surface area contributed by atoms with E-state index < -0.39 is 26.4 Å². The first-order valence-corrected chi connectivity index (χ1v) is 8.61. The van der Waals surface area contributed by atoms with Gasteiger partial charge in [0.25, 0.3) is 0 Å². The fraction of sp³-hybridized carbons (Fsp3) is 0.818. The van der Waals surface area contributed by atoms with Gasteiger partial charge in [0.2, 0.25) is 0 Å². The molecule has 0 fully saturated rings. The van der Waals surface area contributed by atoms with E-state index in [1.807, 2.05) is 0 Å². The molecule has 1 aliphatic heterocycles. The molecule has 0 aliphatic carbocycles. The van der Waals surface area contributed by atoms with E-state index in [0.717, 1.165) is 0 Å². The summed E-state index contributed by atoms with van der Waals surface area (Å²) in [5.74, 6) is -0.797. The number of hydrogen-bond acceptors (Lipinski definition) is 3. The molecule has 0 saturated heterocycles. The summed E-state index contributed by atoms with van der Waals surface area (Å²) in [6.07, 6.45) is -2.04. The van der Waals surface area contributed by atoms with Gasteiger partial charge in [-0.25, -0.2) is 4.39 Å². The Morgan fingerprint density at radius 3 is 2.35 bits per heavy atom. The molecule has 1 rings (SSSR count). The third-order valence-corrected chi connectivity index (χ3v) is 8.04. The zero-order valence-corrected chi connectivity index (χ0v) is 12.1. The van der Waals surface area contributed by atoms with Gasteiger partial charge in [-0.15, -0.1) is 0 Å². The number of halogens is 1. The minimum atomic E-state index is -1.92. The summed E-state index contributed by atoms with van der Waals surface area (Å²) < 4.78 is 24.0. The summed E-state index contributed by atoms with van der Waals surface area (Å²) in [4.78, 5) is 0. The molecule has 6 heteroatoms. The van der Waals surface area contributed by atoms with Crippen LogP contribution in [0.25, 0.3) is 0 Å². The Labute approximate surface area is 105 Å². The van der Waals surface area contributed by atoms with Crippen molar-refractivity contribution < 1.29 is 18.7 Å². The normalized spacial score (nSPS) is 26.3. The minimum absolute atomic E-state index is 0.0636. The zero-order valence-electron chi connectivity index (χ0n) is 11.1. The fourth-order valence-corrected chi connectivity index (χ4v) is 2.24. The Bertz CT molecular complexity index is 325. The average molecular weight is 258 g/mol. The minimum Gasteiger partial charge on any atom is -0.498 e. The Kier molecular flexibility index (Phi) is 4.11. The van der Waals surface area contributed by atoms with Crippen molar-refractivity contribution in [1.82, 2.24) is 0 Å². The molecule has 0 aromatic carbocycles. The molecule has 1 heterocycles. The van der Waals surface area contributed by atoms with Gasteiger partial charge in [0.1, 0.15) is 6.10 Å². The number of aliphatic hydroxyl groups excluding tert-OH is 1. The van der Waals surface area contributed by atoms with Gasteiger partial charge in [-0.3, -0.25) is 0 Å². The van der Waals surface area contributed by atoms with Crippen molar-refractivity contribution in [3.05, 3.63) is 11.5 Å². The molecule has 2 atom stereocenters. The molecular weight excluding hydrogens is 238 g/mol. The summed E-state index contributed by atoms with van der Waals surface area (Å²) in [7, 11) is 3.34. The lowest BCUT2D eigenvalue weighted by Crippen LogP contribution is -2.44. The molecule has 96 valence electrons. The summed E-state index contributed by atoms with van der Waals surface area (Å²) in [5.41, 5.74) is -0.332. The highest BCUT2D eigenvalue weighted by Crippen LogP contribution is 2.37. The number of rotatable bonds is 3. The largest absolute Gasteiger partial charge is 0.498 e. The second-order valence-corrected chi connectivity index (χ2v) is 10.7. The maximum absolute atomic E-state index is 13.1. The first-order valence-electron chi connectivity index (χ1n) is 5.70. The van der Waals surface area contributed by atoms with Crippen molar-refractivity contribution in [3.63, 3.8) is 0 Å². The fourth-order valence-electron chi connectivity index (χ4n) is 1.22. The Hall–Kier alpha value is -0.328. The second-order valence-electron chi connectivity index (χ2n) is 5.88. The van der Waals surface area contributed by atoms with E-state index in [4.69, 9.17) is 17.0 Å². The zero-order chi connectivity index (χ0) is 13.4. The second kappa shape index (κ2) is 4.74. The van der Waals surface area contributed by atoms with Crippen LogP contribution in [0.1, 0.15) is 20.8 Å². The van der Waals surface area contributed by atoms with Crippen LogP contribution >= 0.6 is 0 Å². The Balaban J connectivity index is 2.55. The van der Waals surface area contributed by atoms with E-state index >= 15 is 0 Å². The third-order valence-electron chi connectivity index (χ3n) is 3.54. The van der Waals surface area contributed by atoms with Gasteiger partial charge in [0.15, 0.2) is 28.1 Å². The molecule has 0 amide bonds. The molecule has 3 nitrogen and oxygen atoms in total. The standard InChI is InChI=1S/C11H20BFO3Si/c1-11(2,3)17(4,5)15-6-7-9(14)8(13)10(12)16-7/h7,9,14H,6H2,1-5H3/t7-,9?/m1/s1. The van der Waals surface area contributed by atoms with Gasteiger partial charge < -0.3 is 14.3 Å². The number of ether oxygens (including phenoxy) is 1. The molecule has 0 saturated carbocycles. The molecule has 2 radical (unpaired) electrons. The van der Waals surface area contributed by atoms with Crippen LogP contribution in [0.15, 0.2) is 11.5 Å². The quantitative estimate of drug-likeness (QED) is 0.788. The van der Waals surface area contributed by atoms with Crippen molar-refractivity contribution in [1.29, 1.82) is 0 Å². The highest BCUT2D eigenvalue weighted by Gasteiger charge is 2.40. The predicted octanol–water partition coefficient (Wildman–Crippen LogP) is 2.07. The van der Waals surface area contributed by atoms with Crippen molar-refractivity contribution in [2.24, 2.45) is 0 Å². The van der Waals surface area contributed by atoms with Crippen molar-refractivity contribution in [2.45, 2.75) is 51.1 Å². The van der Waals surface area contributed by atoms with Crippen LogP contribution in [0, 0.1) is 0 Å². The van der Waals surface area contributed by atoms with Crippen LogP contribution in [-0.4, -0.2) is 40.1 Å². The van der Waals surface area contributed by atoms with E-state index in [0.29, 0.717) is 0 Å². The van der Waals surface area contributed by atoms with Crippen molar-refractivity contribution in [2.75, 3.05) is 6.61 Å². The van der Waals surface area contributed by atoms with Crippen molar-refractivity contribution >= 4 is 16.2 Å². The molecule has 0 spiro atoms. The highest BCUT2D eigenvalue weighted by molar-refractivity contribution is 6.74. The lowest BCUT2D eigenvalue weighted by molar-refractivity contribution is 0.0155. The average Bonchev–Trinajstić information content (AvgIpc) is 2.41. The molecule has 1 N–H and O–H groups in total. The van der Waals surface area contributed by atoms with E-state index in [1.54, 1.807) is 0 Å². The van der Waals surface area contributed by atoms with Crippen LogP contribution in [-0.2, 0) is 9.16 Å². The Morgan fingerprint density at radius 2 is 2.00 bits per heavy atom. The summed E-state index contributed by atoms with van der Waals surface area (Å²) in [6, 6.07) is 0. The number of aliphatic hydroxyl groups is 1. The SMILES string of the molecule is [B]C1=C(F)C(O)[C@@H](CO[Si](C)(C)C(C)(C)C)O1. The molecule has 1 unspecified atom stereocenters. The molecule has 17 heavy (non-hydrogen) atoms. The van der Waals surface area contributed by atoms with Gasteiger partial charge in [0, 0.05) is 0 Å². The van der Waals surface area contributed by atoms with Crippen molar-refractivity contribution in [3.8, 4) is 0 Å². The molecule has 1 aliphatic rings. The molecule has 0 bridgehead atoms. The van der Waals surface area contributed by atoms with Gasteiger partial charge >= 0.3 is 0 Å². The smallest absolute Gasteiger partial charge is 0.192 e. The number of hydrogen-bond donors (Lipinski definition) is 1. The lowest BCUT2D eigenvalue weighted by atomic mass is 10.1. The van der Waals surface area contributed by atoms with Gasteiger partial charge in [-0.2, -0.15) is 0 Å². The highest BCUT2D eigenvalue weighted by atomic mass is 28.4. The Morgan fingerprint density at radius 1 is 1.47 bits per heavy atom. The van der Waals surface area contributed by atoms with Crippen LogP contribution in [0.3, 0.4) is 0 Å². The van der Waals surface area contributed by atoms with Gasteiger partial charge in [-0.05, 0) is 18.1 Å². The third kappa shape index (κ3) is 3.11. The summed E-state index contributed by atoms with van der Waals surface area (Å²) in [6.45, 7) is 10.7. The van der Waals surface area contributed by atoms with Gasteiger partial charge in [-0.1, -0.05) is 20.8 Å². The van der Waals surface area contributed by atoms with Crippen LogP contribution in [0.5, 0.6) is 0 Å². The topological polar surface area (TPSA) is 38.7 Å². The van der Waals surface area contributed by atoms with Crippen LogP contribution in [0.2, 0.25) is 18.1 Å². The van der Waals surface area contributed by atoms with E-state index in [9.17, 15) is 9.50 Å². The van der Waals surface area contributed by atoms with E-state index in [2.05, 4.69) is 33.9 Å². The molecule has 0 aromatic heterocycles. The van der Waals surface area contributed by atoms with Gasteiger partial charge in [0.05, 0.1) is 12.3 Å². The lowest BCUT2D eigenvalue weighted by Gasteiger charge is -2.37. The monoisotopic (exact) mass is 258 g/mol. The van der Waals surface area contributed by atoms with E-state index in [-0.39, 0.29) is 17.3 Å². The van der Waals surface area contributed by atoms with Crippen LogP contribution < -0.4 is 0 Å². The first kappa shape index (κ1) is 14.7. The maximum Gasteiger partial charge on any atom is 0.192 e. The summed E-state index contributed by atoms with van der Waals surface area (Å²) in [5, 5.41) is 9.59. The molecule has 0 aromatic rings. The summed E-state index contributed by atoms with van der Waals surface area (Å²) >= 11 is 0. The van der Waals surface area contributed by atoms with Crippen LogP contribution in [0.4, 0.5) is 4.39 Å².